The Labute approximate surface area is 183 Å². The van der Waals surface area contributed by atoms with Gasteiger partial charge in [-0.2, -0.15) is 0 Å². The van der Waals surface area contributed by atoms with E-state index in [0.717, 1.165) is 16.0 Å². The summed E-state index contributed by atoms with van der Waals surface area (Å²) < 4.78 is 10.3. The zero-order chi connectivity index (χ0) is 22.8. The molecule has 0 radical (unpaired) electrons. The van der Waals surface area contributed by atoms with Crippen LogP contribution in [-0.4, -0.2) is 35.2 Å². The van der Waals surface area contributed by atoms with Crippen molar-refractivity contribution in [3.05, 3.63) is 88.4 Å². The van der Waals surface area contributed by atoms with Crippen molar-refractivity contribution in [1.29, 1.82) is 0 Å². The van der Waals surface area contributed by atoms with Crippen molar-refractivity contribution in [2.45, 2.75) is 20.4 Å². The number of carbonyl (C=O) groups excluding carboxylic acids is 4. The number of hydrogen-bond donors (Lipinski definition) is 1. The Bertz CT molecular complexity index is 1230. The smallest absolute Gasteiger partial charge is 0.338 e. The van der Waals surface area contributed by atoms with Crippen LogP contribution in [0.15, 0.2) is 59.2 Å². The molecule has 0 saturated carbocycles. The number of esters is 1. The predicted molar refractivity (Wildman–Crippen MR) is 114 cm³/mol. The Morgan fingerprint density at radius 2 is 1.78 bits per heavy atom. The molecule has 1 N–H and O–H groups in total. The molecule has 0 bridgehead atoms. The molecule has 0 unspecified atom stereocenters. The first kappa shape index (κ1) is 21.0. The van der Waals surface area contributed by atoms with Crippen molar-refractivity contribution < 1.29 is 28.3 Å². The van der Waals surface area contributed by atoms with E-state index in [0.29, 0.717) is 11.4 Å². The van der Waals surface area contributed by atoms with Crippen molar-refractivity contribution in [2.75, 3.05) is 11.9 Å². The number of amides is 3. The highest BCUT2D eigenvalue weighted by Gasteiger charge is 2.36. The van der Waals surface area contributed by atoms with E-state index in [1.807, 2.05) is 26.0 Å². The third kappa shape index (κ3) is 4.02. The standard InChI is InChI=1S/C24H20N2O6/c1-14-5-3-7-20(15(14)2)25-21(27)13-32-24(30)16-8-9-18-19(11-16)23(29)26(22(18)28)12-17-6-4-10-31-17/h3-11H,12-13H2,1-2H3,(H,25,27). The number of carbonyl (C=O) groups is 4. The molecular weight excluding hydrogens is 412 g/mol. The topological polar surface area (TPSA) is 106 Å². The molecular formula is C24H20N2O6. The Hall–Kier alpha value is -4.20. The first-order valence-corrected chi connectivity index (χ1v) is 9.91. The molecule has 32 heavy (non-hydrogen) atoms. The van der Waals surface area contributed by atoms with Gasteiger partial charge in [-0.25, -0.2) is 4.79 Å². The zero-order valence-electron chi connectivity index (χ0n) is 17.5. The van der Waals surface area contributed by atoms with Crippen LogP contribution in [0.2, 0.25) is 0 Å². The van der Waals surface area contributed by atoms with Crippen LogP contribution in [0.1, 0.15) is 48.0 Å². The highest BCUT2D eigenvalue weighted by Crippen LogP contribution is 2.26. The predicted octanol–water partition coefficient (Wildman–Crippen LogP) is 3.49. The van der Waals surface area contributed by atoms with Crippen molar-refractivity contribution in [3.63, 3.8) is 0 Å². The summed E-state index contributed by atoms with van der Waals surface area (Å²) in [6.07, 6.45) is 1.46. The number of hydrogen-bond acceptors (Lipinski definition) is 6. The lowest BCUT2D eigenvalue weighted by Crippen LogP contribution is -2.28. The van der Waals surface area contributed by atoms with Gasteiger partial charge in [-0.1, -0.05) is 12.1 Å². The lowest BCUT2D eigenvalue weighted by Gasteiger charge is -2.11. The fraction of sp³-hybridized carbons (Fsp3) is 0.167. The normalized spacial score (nSPS) is 12.6. The first-order chi connectivity index (χ1) is 15.3. The number of ether oxygens (including phenoxy) is 1. The van der Waals surface area contributed by atoms with Gasteiger partial charge >= 0.3 is 5.97 Å². The molecule has 8 nitrogen and oxygen atoms in total. The highest BCUT2D eigenvalue weighted by molar-refractivity contribution is 6.21. The average molecular weight is 432 g/mol. The number of aryl methyl sites for hydroxylation is 1. The Kier molecular flexibility index (Phi) is 5.59. The van der Waals surface area contributed by atoms with E-state index < -0.39 is 30.3 Å². The van der Waals surface area contributed by atoms with E-state index in [9.17, 15) is 19.2 Å². The zero-order valence-corrected chi connectivity index (χ0v) is 17.5. The minimum Gasteiger partial charge on any atom is -0.467 e. The lowest BCUT2D eigenvalue weighted by molar-refractivity contribution is -0.119. The summed E-state index contributed by atoms with van der Waals surface area (Å²) >= 11 is 0. The molecule has 3 aromatic rings. The minimum atomic E-state index is -0.770. The second-order valence-electron chi connectivity index (χ2n) is 7.41. The molecule has 162 valence electrons. The second kappa shape index (κ2) is 8.50. The van der Waals surface area contributed by atoms with E-state index >= 15 is 0 Å². The summed E-state index contributed by atoms with van der Waals surface area (Å²) in [7, 11) is 0. The van der Waals surface area contributed by atoms with Crippen LogP contribution in [0, 0.1) is 13.8 Å². The third-order valence-corrected chi connectivity index (χ3v) is 5.31. The number of fused-ring (bicyclic) bond motifs is 1. The van der Waals surface area contributed by atoms with Gasteiger partial charge in [0.25, 0.3) is 17.7 Å². The van der Waals surface area contributed by atoms with Crippen molar-refractivity contribution in [2.24, 2.45) is 0 Å². The van der Waals surface area contributed by atoms with Gasteiger partial charge in [0, 0.05) is 5.69 Å². The van der Waals surface area contributed by atoms with Crippen LogP contribution in [0.3, 0.4) is 0 Å². The maximum absolute atomic E-state index is 12.7. The maximum Gasteiger partial charge on any atom is 0.338 e. The molecule has 3 amide bonds. The number of furan rings is 1. The fourth-order valence-corrected chi connectivity index (χ4v) is 3.41. The number of nitrogens with zero attached hydrogens (tertiary/aromatic N) is 1. The van der Waals surface area contributed by atoms with E-state index in [-0.39, 0.29) is 23.2 Å². The van der Waals surface area contributed by atoms with Gasteiger partial charge in [-0.3, -0.25) is 19.3 Å². The number of nitrogens with one attached hydrogen (secondary N) is 1. The second-order valence-corrected chi connectivity index (χ2v) is 7.41. The SMILES string of the molecule is Cc1cccc(NC(=O)COC(=O)c2ccc3c(c2)C(=O)N(Cc2ccco2)C3=O)c1C. The minimum absolute atomic E-state index is 0.00231. The monoisotopic (exact) mass is 432 g/mol. The van der Waals surface area contributed by atoms with Gasteiger partial charge < -0.3 is 14.5 Å². The quantitative estimate of drug-likeness (QED) is 0.472. The summed E-state index contributed by atoms with van der Waals surface area (Å²) in [6, 6.07) is 13.0. The van der Waals surface area contributed by atoms with Crippen molar-refractivity contribution >= 4 is 29.4 Å². The number of benzene rings is 2. The summed E-state index contributed by atoms with van der Waals surface area (Å²) in [4.78, 5) is 50.9. The van der Waals surface area contributed by atoms with Crippen LogP contribution in [0.25, 0.3) is 0 Å². The van der Waals surface area contributed by atoms with Gasteiger partial charge in [0.15, 0.2) is 6.61 Å². The van der Waals surface area contributed by atoms with Gasteiger partial charge in [0.2, 0.25) is 0 Å². The van der Waals surface area contributed by atoms with Gasteiger partial charge in [-0.15, -0.1) is 0 Å². The molecule has 0 atom stereocenters. The van der Waals surface area contributed by atoms with Gasteiger partial charge in [-0.05, 0) is 61.4 Å². The Morgan fingerprint density at radius 3 is 2.53 bits per heavy atom. The molecule has 0 saturated heterocycles. The van der Waals surface area contributed by atoms with Crippen LogP contribution in [-0.2, 0) is 16.1 Å². The van der Waals surface area contributed by atoms with Crippen molar-refractivity contribution in [1.82, 2.24) is 4.90 Å². The summed E-state index contributed by atoms with van der Waals surface area (Å²) in [5.74, 6) is -1.77. The molecule has 2 heterocycles. The lowest BCUT2D eigenvalue weighted by atomic mass is 10.1. The van der Waals surface area contributed by atoms with Crippen LogP contribution >= 0.6 is 0 Å². The molecule has 8 heteroatoms. The van der Waals surface area contributed by atoms with Gasteiger partial charge in [0.1, 0.15) is 5.76 Å². The van der Waals surface area contributed by atoms with Crippen LogP contribution in [0.5, 0.6) is 0 Å². The molecule has 2 aromatic carbocycles. The van der Waals surface area contributed by atoms with Gasteiger partial charge in [0.05, 0.1) is 29.5 Å². The highest BCUT2D eigenvalue weighted by atomic mass is 16.5. The number of imide groups is 1. The first-order valence-electron chi connectivity index (χ1n) is 9.91. The molecule has 1 aromatic heterocycles. The molecule has 0 spiro atoms. The van der Waals surface area contributed by atoms with E-state index in [1.165, 1.54) is 24.5 Å². The summed E-state index contributed by atoms with van der Waals surface area (Å²) in [5.41, 5.74) is 2.97. The summed E-state index contributed by atoms with van der Waals surface area (Å²) in [5, 5.41) is 2.71. The largest absolute Gasteiger partial charge is 0.467 e. The Morgan fingerprint density at radius 1 is 1.00 bits per heavy atom. The molecule has 0 aliphatic carbocycles. The number of anilines is 1. The molecule has 1 aliphatic rings. The number of rotatable bonds is 6. The fourth-order valence-electron chi connectivity index (χ4n) is 3.41. The molecule has 1 aliphatic heterocycles. The van der Waals surface area contributed by atoms with Crippen LogP contribution < -0.4 is 5.32 Å². The van der Waals surface area contributed by atoms with E-state index in [4.69, 9.17) is 9.15 Å². The average Bonchev–Trinajstić information content (AvgIpc) is 3.38. The van der Waals surface area contributed by atoms with E-state index in [1.54, 1.807) is 18.2 Å². The van der Waals surface area contributed by atoms with Crippen molar-refractivity contribution in [3.8, 4) is 0 Å². The maximum atomic E-state index is 12.7. The van der Waals surface area contributed by atoms with E-state index in [2.05, 4.69) is 5.32 Å². The summed E-state index contributed by atoms with van der Waals surface area (Å²) in [6.45, 7) is 3.33. The molecule has 4 rings (SSSR count). The third-order valence-electron chi connectivity index (χ3n) is 5.31. The Balaban J connectivity index is 1.41. The van der Waals surface area contributed by atoms with Crippen LogP contribution in [0.4, 0.5) is 5.69 Å². The molecule has 0 fully saturated rings.